The highest BCUT2D eigenvalue weighted by molar-refractivity contribution is 6.03. The molecule has 0 aliphatic rings. The first-order valence-electron chi connectivity index (χ1n) is 8.81. The van der Waals surface area contributed by atoms with E-state index in [4.69, 9.17) is 9.47 Å². The quantitative estimate of drug-likeness (QED) is 0.588. The maximum atomic E-state index is 13.1. The van der Waals surface area contributed by atoms with Gasteiger partial charge in [0.25, 0.3) is 0 Å². The number of hydrogen-bond acceptors (Lipinski definition) is 5. The number of carbonyl (C=O) groups excluding carboxylic acids is 2. The van der Waals surface area contributed by atoms with Gasteiger partial charge in [-0.3, -0.25) is 0 Å². The first-order chi connectivity index (χ1) is 13.8. The Balaban J connectivity index is 2.15. The van der Waals surface area contributed by atoms with Crippen LogP contribution >= 0.6 is 0 Å². The molecule has 0 bridgehead atoms. The predicted octanol–water partition coefficient (Wildman–Crippen LogP) is 4.40. The summed E-state index contributed by atoms with van der Waals surface area (Å²) in [6.07, 6.45) is -4.57. The molecule has 0 atom stereocenters. The summed E-state index contributed by atoms with van der Waals surface area (Å²) in [6, 6.07) is 8.98. The van der Waals surface area contributed by atoms with E-state index in [2.05, 4.69) is 5.10 Å². The third-order valence-corrected chi connectivity index (χ3v) is 4.09. The summed E-state index contributed by atoms with van der Waals surface area (Å²) in [5, 5.41) is 4.27. The van der Waals surface area contributed by atoms with Crippen LogP contribution < -0.4 is 0 Å². The van der Waals surface area contributed by atoms with E-state index in [0.29, 0.717) is 11.3 Å². The van der Waals surface area contributed by atoms with Gasteiger partial charge >= 0.3 is 18.1 Å². The van der Waals surface area contributed by atoms with Gasteiger partial charge in [-0.2, -0.15) is 18.3 Å². The number of carbonyl (C=O) groups is 2. The molecule has 29 heavy (non-hydrogen) atoms. The van der Waals surface area contributed by atoms with E-state index in [1.165, 1.54) is 35.0 Å². The van der Waals surface area contributed by atoms with Gasteiger partial charge in [0.1, 0.15) is 0 Å². The fraction of sp³-hybridized carbons (Fsp3) is 0.250. The average molecular weight is 406 g/mol. The van der Waals surface area contributed by atoms with Gasteiger partial charge in [-0.05, 0) is 56.3 Å². The van der Waals surface area contributed by atoms with Crippen molar-refractivity contribution in [3.8, 4) is 5.69 Å². The van der Waals surface area contributed by atoms with Crippen molar-refractivity contribution in [1.29, 1.82) is 0 Å². The number of halogens is 3. The lowest BCUT2D eigenvalue weighted by Crippen LogP contribution is -2.13. The highest BCUT2D eigenvalue weighted by atomic mass is 19.4. The SMILES string of the molecule is CCOC(=O)c1ccc(-n2nc3ccc(C(F)(F)F)cc3c2C(=O)OCC)cc1. The lowest BCUT2D eigenvalue weighted by Gasteiger charge is -2.09. The van der Waals surface area contributed by atoms with Crippen molar-refractivity contribution in [1.82, 2.24) is 9.78 Å². The topological polar surface area (TPSA) is 70.4 Å². The third kappa shape index (κ3) is 4.08. The van der Waals surface area contributed by atoms with E-state index < -0.39 is 23.7 Å². The van der Waals surface area contributed by atoms with Crippen LogP contribution in [0.25, 0.3) is 16.6 Å². The van der Waals surface area contributed by atoms with Crippen LogP contribution in [0.2, 0.25) is 0 Å². The maximum absolute atomic E-state index is 13.1. The zero-order valence-electron chi connectivity index (χ0n) is 15.6. The maximum Gasteiger partial charge on any atom is 0.416 e. The molecule has 0 fully saturated rings. The second-order valence-electron chi connectivity index (χ2n) is 5.98. The van der Waals surface area contributed by atoms with Gasteiger partial charge in [-0.15, -0.1) is 0 Å². The Bertz CT molecular complexity index is 1060. The van der Waals surface area contributed by atoms with Crippen molar-refractivity contribution in [2.75, 3.05) is 13.2 Å². The van der Waals surface area contributed by atoms with Crippen LogP contribution in [-0.4, -0.2) is 34.9 Å². The summed E-state index contributed by atoms with van der Waals surface area (Å²) < 4.78 is 50.5. The summed E-state index contributed by atoms with van der Waals surface area (Å²) in [6.45, 7) is 3.55. The number of benzene rings is 2. The molecule has 0 unspecified atom stereocenters. The van der Waals surface area contributed by atoms with Gasteiger partial charge in [-0.1, -0.05) is 0 Å². The van der Waals surface area contributed by atoms with Gasteiger partial charge in [-0.25, -0.2) is 14.3 Å². The number of rotatable bonds is 5. The van der Waals surface area contributed by atoms with Crippen molar-refractivity contribution in [3.63, 3.8) is 0 Å². The Kier molecular flexibility index (Phi) is 5.58. The lowest BCUT2D eigenvalue weighted by atomic mass is 10.1. The number of fused-ring (bicyclic) bond motifs is 1. The van der Waals surface area contributed by atoms with Gasteiger partial charge < -0.3 is 9.47 Å². The molecule has 0 saturated carbocycles. The van der Waals surface area contributed by atoms with E-state index in [1.54, 1.807) is 13.8 Å². The number of esters is 2. The highest BCUT2D eigenvalue weighted by Gasteiger charge is 2.32. The Labute approximate surface area is 163 Å². The lowest BCUT2D eigenvalue weighted by molar-refractivity contribution is -0.137. The number of aromatic nitrogens is 2. The van der Waals surface area contributed by atoms with Crippen molar-refractivity contribution in [2.45, 2.75) is 20.0 Å². The molecule has 9 heteroatoms. The summed E-state index contributed by atoms with van der Waals surface area (Å²) in [7, 11) is 0. The standard InChI is InChI=1S/C20H17F3N2O4/c1-3-28-18(26)12-5-8-14(9-6-12)25-17(19(27)29-4-2)15-11-13(20(21,22)23)7-10-16(15)24-25/h5-11H,3-4H2,1-2H3. The molecule has 0 aliphatic heterocycles. The van der Waals surface area contributed by atoms with Gasteiger partial charge in [0.2, 0.25) is 0 Å². The molecule has 3 rings (SSSR count). The van der Waals surface area contributed by atoms with Crippen LogP contribution in [0.1, 0.15) is 40.3 Å². The molecule has 1 aromatic heterocycles. The monoisotopic (exact) mass is 406 g/mol. The van der Waals surface area contributed by atoms with Crippen molar-refractivity contribution >= 4 is 22.8 Å². The Morgan fingerprint density at radius 2 is 1.59 bits per heavy atom. The van der Waals surface area contributed by atoms with E-state index in [9.17, 15) is 22.8 Å². The van der Waals surface area contributed by atoms with Gasteiger partial charge in [0.05, 0.1) is 35.5 Å². The van der Waals surface area contributed by atoms with E-state index in [1.807, 2.05) is 0 Å². The zero-order valence-corrected chi connectivity index (χ0v) is 15.6. The number of nitrogens with zero attached hydrogens (tertiary/aromatic N) is 2. The van der Waals surface area contributed by atoms with Gasteiger partial charge in [0.15, 0.2) is 5.69 Å². The normalized spacial score (nSPS) is 11.5. The van der Waals surface area contributed by atoms with Crippen LogP contribution in [-0.2, 0) is 15.7 Å². The van der Waals surface area contributed by atoms with E-state index >= 15 is 0 Å². The fourth-order valence-electron chi connectivity index (χ4n) is 2.80. The first kappa shape index (κ1) is 20.4. The predicted molar refractivity (Wildman–Crippen MR) is 98.0 cm³/mol. The molecular weight excluding hydrogens is 389 g/mol. The first-order valence-corrected chi connectivity index (χ1v) is 8.81. The molecular formula is C20H17F3N2O4. The molecule has 0 amide bonds. The van der Waals surface area contributed by atoms with Crippen molar-refractivity contribution < 1.29 is 32.2 Å². The molecule has 0 saturated heterocycles. The molecule has 2 aromatic carbocycles. The minimum Gasteiger partial charge on any atom is -0.462 e. The zero-order chi connectivity index (χ0) is 21.2. The molecule has 0 aliphatic carbocycles. The Morgan fingerprint density at radius 1 is 0.966 bits per heavy atom. The molecule has 1 heterocycles. The van der Waals surface area contributed by atoms with Crippen LogP contribution in [0.3, 0.4) is 0 Å². The number of hydrogen-bond donors (Lipinski definition) is 0. The summed E-state index contributed by atoms with van der Waals surface area (Å²) in [5.74, 6) is -1.31. The van der Waals surface area contributed by atoms with Crippen LogP contribution in [0.15, 0.2) is 42.5 Å². The highest BCUT2D eigenvalue weighted by Crippen LogP contribution is 2.33. The van der Waals surface area contributed by atoms with Crippen molar-refractivity contribution in [2.24, 2.45) is 0 Å². The summed E-state index contributed by atoms with van der Waals surface area (Å²) in [5.41, 5.74) is -0.143. The average Bonchev–Trinajstić information content (AvgIpc) is 3.06. The largest absolute Gasteiger partial charge is 0.462 e. The van der Waals surface area contributed by atoms with E-state index in [-0.39, 0.29) is 29.8 Å². The number of ether oxygens (including phenoxy) is 2. The number of alkyl halides is 3. The third-order valence-electron chi connectivity index (χ3n) is 4.09. The second kappa shape index (κ2) is 7.94. The molecule has 6 nitrogen and oxygen atoms in total. The smallest absolute Gasteiger partial charge is 0.416 e. The summed E-state index contributed by atoms with van der Waals surface area (Å²) in [4.78, 5) is 24.3. The Morgan fingerprint density at radius 3 is 2.17 bits per heavy atom. The second-order valence-corrected chi connectivity index (χ2v) is 5.98. The van der Waals surface area contributed by atoms with Crippen LogP contribution in [0.5, 0.6) is 0 Å². The molecule has 3 aromatic rings. The Hall–Kier alpha value is -3.36. The van der Waals surface area contributed by atoms with Gasteiger partial charge in [0, 0.05) is 5.39 Å². The van der Waals surface area contributed by atoms with Crippen LogP contribution in [0.4, 0.5) is 13.2 Å². The minimum absolute atomic E-state index is 0.0211. The fourth-order valence-corrected chi connectivity index (χ4v) is 2.80. The molecule has 0 spiro atoms. The van der Waals surface area contributed by atoms with Crippen LogP contribution in [0, 0.1) is 0 Å². The van der Waals surface area contributed by atoms with Crippen molar-refractivity contribution in [3.05, 3.63) is 59.3 Å². The summed E-state index contributed by atoms with van der Waals surface area (Å²) >= 11 is 0. The van der Waals surface area contributed by atoms with E-state index in [0.717, 1.165) is 12.1 Å². The minimum atomic E-state index is -4.57. The molecule has 152 valence electrons. The molecule has 0 radical (unpaired) electrons. The molecule has 0 N–H and O–H groups in total.